The quantitative estimate of drug-likeness (QED) is 0.916. The summed E-state index contributed by atoms with van der Waals surface area (Å²) in [5.41, 5.74) is 1.44. The number of benzene rings is 1. The molecule has 1 fully saturated rings. The van der Waals surface area contributed by atoms with Gasteiger partial charge >= 0.3 is 0 Å². The van der Waals surface area contributed by atoms with E-state index in [1.807, 2.05) is 0 Å². The molecule has 0 bridgehead atoms. The Bertz CT molecular complexity index is 375. The molecule has 1 aromatic carbocycles. The van der Waals surface area contributed by atoms with Crippen molar-refractivity contribution in [1.82, 2.24) is 10.2 Å². The van der Waals surface area contributed by atoms with Crippen LogP contribution >= 0.6 is 15.9 Å². The highest BCUT2D eigenvalue weighted by Crippen LogP contribution is 2.35. The first kappa shape index (κ1) is 14.0. The summed E-state index contributed by atoms with van der Waals surface area (Å²) < 4.78 is 1.24. The van der Waals surface area contributed by atoms with Gasteiger partial charge in [0.25, 0.3) is 0 Å². The minimum Gasteiger partial charge on any atom is -0.314 e. The predicted molar refractivity (Wildman–Crippen MR) is 80.8 cm³/mol. The van der Waals surface area contributed by atoms with Crippen molar-refractivity contribution in [2.45, 2.75) is 26.3 Å². The van der Waals surface area contributed by atoms with Gasteiger partial charge in [0.2, 0.25) is 0 Å². The molecule has 1 aliphatic rings. The predicted octanol–water partition coefficient (Wildman–Crippen LogP) is 3.44. The van der Waals surface area contributed by atoms with E-state index in [0.29, 0.717) is 12.0 Å². The van der Waals surface area contributed by atoms with Gasteiger partial charge in [0.05, 0.1) is 0 Å². The minimum atomic E-state index is 0.535. The second-order valence-electron chi connectivity index (χ2n) is 5.14. The normalized spacial score (nSPS) is 20.6. The first-order chi connectivity index (χ1) is 8.74. The summed E-state index contributed by atoms with van der Waals surface area (Å²) in [6.07, 6.45) is 1.22. The third kappa shape index (κ3) is 3.14. The largest absolute Gasteiger partial charge is 0.314 e. The highest BCUT2D eigenvalue weighted by molar-refractivity contribution is 9.10. The minimum absolute atomic E-state index is 0.535. The van der Waals surface area contributed by atoms with Gasteiger partial charge in [0.1, 0.15) is 0 Å². The summed E-state index contributed by atoms with van der Waals surface area (Å²) >= 11 is 3.72. The van der Waals surface area contributed by atoms with Crippen LogP contribution in [0.25, 0.3) is 0 Å². The van der Waals surface area contributed by atoms with Gasteiger partial charge in [-0.2, -0.15) is 0 Å². The first-order valence-corrected chi connectivity index (χ1v) is 7.72. The van der Waals surface area contributed by atoms with Crippen molar-refractivity contribution in [3.8, 4) is 0 Å². The number of nitrogens with zero attached hydrogens (tertiary/aromatic N) is 1. The second kappa shape index (κ2) is 6.69. The van der Waals surface area contributed by atoms with E-state index >= 15 is 0 Å². The molecule has 0 amide bonds. The lowest BCUT2D eigenvalue weighted by Crippen LogP contribution is -2.46. The summed E-state index contributed by atoms with van der Waals surface area (Å²) in [7, 11) is 0. The molecule has 2 rings (SSSR count). The molecule has 0 saturated carbocycles. The molecule has 0 aliphatic carbocycles. The van der Waals surface area contributed by atoms with Crippen LogP contribution in [0.15, 0.2) is 28.7 Å². The summed E-state index contributed by atoms with van der Waals surface area (Å²) in [4.78, 5) is 2.63. The highest BCUT2D eigenvalue weighted by Gasteiger charge is 2.27. The zero-order valence-electron chi connectivity index (χ0n) is 11.3. The van der Waals surface area contributed by atoms with Crippen LogP contribution in [0.3, 0.4) is 0 Å². The molecule has 0 aromatic heterocycles. The van der Waals surface area contributed by atoms with Crippen molar-refractivity contribution in [2.75, 3.05) is 26.2 Å². The van der Waals surface area contributed by atoms with E-state index in [4.69, 9.17) is 0 Å². The van der Waals surface area contributed by atoms with Crippen LogP contribution in [0.2, 0.25) is 0 Å². The van der Waals surface area contributed by atoms with Gasteiger partial charge in [-0.05, 0) is 17.5 Å². The molecule has 0 radical (unpaired) electrons. The van der Waals surface area contributed by atoms with Crippen LogP contribution in [-0.2, 0) is 0 Å². The van der Waals surface area contributed by atoms with E-state index in [1.165, 1.54) is 16.5 Å². The van der Waals surface area contributed by atoms with E-state index in [9.17, 15) is 0 Å². The average molecular weight is 311 g/mol. The number of nitrogens with one attached hydrogen (secondary N) is 1. The average Bonchev–Trinajstić information content (AvgIpc) is 2.42. The van der Waals surface area contributed by atoms with E-state index in [0.717, 1.165) is 26.2 Å². The Kier molecular flexibility index (Phi) is 5.22. The maximum atomic E-state index is 3.72. The number of rotatable bonds is 4. The number of halogens is 1. The lowest BCUT2D eigenvalue weighted by Gasteiger charge is -2.38. The van der Waals surface area contributed by atoms with Crippen molar-refractivity contribution in [3.05, 3.63) is 34.3 Å². The molecular formula is C15H23BrN2. The fourth-order valence-electron chi connectivity index (χ4n) is 2.76. The fraction of sp³-hybridized carbons (Fsp3) is 0.600. The van der Waals surface area contributed by atoms with Crippen LogP contribution in [-0.4, -0.2) is 31.1 Å². The number of piperazine rings is 1. The van der Waals surface area contributed by atoms with Gasteiger partial charge in [0, 0.05) is 36.7 Å². The summed E-state index contributed by atoms with van der Waals surface area (Å²) in [5, 5.41) is 3.44. The molecule has 1 aromatic rings. The molecule has 1 N–H and O–H groups in total. The Morgan fingerprint density at radius 2 is 1.94 bits per heavy atom. The molecule has 0 spiro atoms. The molecule has 1 heterocycles. The molecule has 100 valence electrons. The van der Waals surface area contributed by atoms with Gasteiger partial charge in [-0.15, -0.1) is 0 Å². The highest BCUT2D eigenvalue weighted by atomic mass is 79.9. The summed E-state index contributed by atoms with van der Waals surface area (Å²) in [5.74, 6) is 0.682. The van der Waals surface area contributed by atoms with E-state index in [2.05, 4.69) is 64.3 Å². The molecule has 1 unspecified atom stereocenters. The van der Waals surface area contributed by atoms with Gasteiger partial charge in [0.15, 0.2) is 0 Å². The molecule has 3 heteroatoms. The summed E-state index contributed by atoms with van der Waals surface area (Å²) in [6.45, 7) is 9.17. The van der Waals surface area contributed by atoms with Crippen LogP contribution < -0.4 is 5.32 Å². The molecule has 1 saturated heterocycles. The van der Waals surface area contributed by atoms with E-state index in [-0.39, 0.29) is 0 Å². The zero-order valence-corrected chi connectivity index (χ0v) is 12.9. The molecule has 2 nitrogen and oxygen atoms in total. The third-order valence-corrected chi connectivity index (χ3v) is 4.67. The van der Waals surface area contributed by atoms with Gasteiger partial charge in [-0.25, -0.2) is 0 Å². The van der Waals surface area contributed by atoms with Crippen LogP contribution in [0, 0.1) is 5.92 Å². The van der Waals surface area contributed by atoms with Crippen molar-refractivity contribution in [1.29, 1.82) is 0 Å². The standard InChI is InChI=1S/C15H23BrN2/c1-3-12(2)15(18-10-8-17-9-11-18)13-6-4-5-7-14(13)16/h4-7,12,15,17H,3,8-11H2,1-2H3/t12?,15-/m0/s1. The fourth-order valence-corrected chi connectivity index (χ4v) is 3.28. The van der Waals surface area contributed by atoms with Gasteiger partial charge < -0.3 is 5.32 Å². The maximum Gasteiger partial charge on any atom is 0.0385 e. The molecule has 2 atom stereocenters. The topological polar surface area (TPSA) is 15.3 Å². The first-order valence-electron chi connectivity index (χ1n) is 6.93. The second-order valence-corrected chi connectivity index (χ2v) is 5.99. The molecule has 1 aliphatic heterocycles. The van der Waals surface area contributed by atoms with Crippen LogP contribution in [0.1, 0.15) is 31.9 Å². The Morgan fingerprint density at radius 1 is 1.28 bits per heavy atom. The van der Waals surface area contributed by atoms with Crippen molar-refractivity contribution in [2.24, 2.45) is 5.92 Å². The lowest BCUT2D eigenvalue weighted by atomic mass is 9.90. The zero-order chi connectivity index (χ0) is 13.0. The van der Waals surface area contributed by atoms with Gasteiger partial charge in [-0.3, -0.25) is 4.90 Å². The monoisotopic (exact) mass is 310 g/mol. The number of hydrogen-bond acceptors (Lipinski definition) is 2. The van der Waals surface area contributed by atoms with E-state index < -0.39 is 0 Å². The maximum absolute atomic E-state index is 3.72. The van der Waals surface area contributed by atoms with Crippen molar-refractivity contribution >= 4 is 15.9 Å². The Morgan fingerprint density at radius 3 is 2.56 bits per heavy atom. The molecule has 18 heavy (non-hydrogen) atoms. The van der Waals surface area contributed by atoms with Crippen LogP contribution in [0.4, 0.5) is 0 Å². The lowest BCUT2D eigenvalue weighted by molar-refractivity contribution is 0.128. The summed E-state index contributed by atoms with van der Waals surface area (Å²) in [6, 6.07) is 9.21. The Balaban J connectivity index is 2.27. The molecular weight excluding hydrogens is 288 g/mol. The van der Waals surface area contributed by atoms with E-state index in [1.54, 1.807) is 0 Å². The Hall–Kier alpha value is -0.380. The van der Waals surface area contributed by atoms with Gasteiger partial charge in [-0.1, -0.05) is 54.4 Å². The number of hydrogen-bond donors (Lipinski definition) is 1. The SMILES string of the molecule is CCC(C)[C@@H](c1ccccc1Br)N1CCNCC1. The van der Waals surface area contributed by atoms with Crippen molar-refractivity contribution < 1.29 is 0 Å². The Labute approximate surface area is 119 Å². The van der Waals surface area contributed by atoms with Crippen molar-refractivity contribution in [3.63, 3.8) is 0 Å². The van der Waals surface area contributed by atoms with Crippen LogP contribution in [0.5, 0.6) is 0 Å². The third-order valence-electron chi connectivity index (χ3n) is 3.95. The smallest absolute Gasteiger partial charge is 0.0385 e.